The first-order valence-electron chi connectivity index (χ1n) is 6.99. The van der Waals surface area contributed by atoms with Crippen LogP contribution in [0.5, 0.6) is 5.75 Å². The highest BCUT2D eigenvalue weighted by Crippen LogP contribution is 2.23. The first-order valence-corrected chi connectivity index (χ1v) is 7.37. The van der Waals surface area contributed by atoms with Gasteiger partial charge in [-0.15, -0.1) is 0 Å². The second kappa shape index (κ2) is 7.43. The zero-order valence-corrected chi connectivity index (χ0v) is 12.7. The van der Waals surface area contributed by atoms with Crippen molar-refractivity contribution in [1.82, 2.24) is 0 Å². The van der Waals surface area contributed by atoms with Gasteiger partial charge in [0.2, 0.25) is 0 Å². The van der Waals surface area contributed by atoms with Gasteiger partial charge in [-0.2, -0.15) is 0 Å². The number of hydrogen-bond acceptors (Lipinski definition) is 2. The fourth-order valence-electron chi connectivity index (χ4n) is 2.02. The van der Waals surface area contributed by atoms with Crippen LogP contribution in [-0.2, 0) is 13.0 Å². The fourth-order valence-corrected chi connectivity index (χ4v) is 2.14. The van der Waals surface area contributed by atoms with Crippen molar-refractivity contribution in [2.75, 3.05) is 0 Å². The molecule has 2 rings (SSSR count). The number of ether oxygens (including phenoxy) is 1. The molecule has 0 aliphatic heterocycles. The van der Waals surface area contributed by atoms with Gasteiger partial charge in [0.15, 0.2) is 0 Å². The third kappa shape index (κ3) is 4.73. The Bertz CT molecular complexity index is 586. The Hall–Kier alpha value is -1.58. The molecule has 0 aromatic heterocycles. The number of nitrogens with two attached hydrogens (primary N) is 1. The zero-order chi connectivity index (χ0) is 15.2. The predicted octanol–water partition coefficient (Wildman–Crippen LogP) is 4.34. The fraction of sp³-hybridized carbons (Fsp3) is 0.294. The number of halogens is 2. The average Bonchev–Trinajstić information content (AvgIpc) is 2.48. The van der Waals surface area contributed by atoms with Crippen LogP contribution in [0.15, 0.2) is 42.5 Å². The van der Waals surface area contributed by atoms with Crippen LogP contribution < -0.4 is 10.5 Å². The molecule has 2 N–H and O–H groups in total. The second-order valence-corrected chi connectivity index (χ2v) is 5.48. The Balaban J connectivity index is 2.09. The Morgan fingerprint density at radius 3 is 2.57 bits per heavy atom. The normalized spacial score (nSPS) is 12.2. The summed E-state index contributed by atoms with van der Waals surface area (Å²) in [5.74, 6) is 0.405. The Morgan fingerprint density at radius 1 is 1.19 bits per heavy atom. The van der Waals surface area contributed by atoms with Gasteiger partial charge in [-0.3, -0.25) is 0 Å². The van der Waals surface area contributed by atoms with Crippen molar-refractivity contribution in [2.24, 2.45) is 5.73 Å². The van der Waals surface area contributed by atoms with E-state index in [1.807, 2.05) is 31.2 Å². The maximum atomic E-state index is 13.4. The first-order chi connectivity index (χ1) is 10.1. The summed E-state index contributed by atoms with van der Waals surface area (Å²) in [7, 11) is 0. The monoisotopic (exact) mass is 307 g/mol. The largest absolute Gasteiger partial charge is 0.489 e. The molecule has 0 bridgehead atoms. The summed E-state index contributed by atoms with van der Waals surface area (Å²) >= 11 is 5.85. The number of benzene rings is 2. The van der Waals surface area contributed by atoms with E-state index in [1.54, 1.807) is 6.07 Å². The van der Waals surface area contributed by atoms with Gasteiger partial charge >= 0.3 is 0 Å². The summed E-state index contributed by atoms with van der Waals surface area (Å²) in [5, 5.41) is 0.690. The van der Waals surface area contributed by atoms with E-state index < -0.39 is 0 Å². The minimum Gasteiger partial charge on any atom is -0.489 e. The molecule has 0 fully saturated rings. The number of hydrogen-bond donors (Lipinski definition) is 1. The molecule has 0 aliphatic carbocycles. The van der Waals surface area contributed by atoms with Crippen LogP contribution in [-0.4, -0.2) is 6.04 Å². The van der Waals surface area contributed by atoms with Crippen LogP contribution in [0.2, 0.25) is 5.02 Å². The molecular formula is C17H19ClFNO. The van der Waals surface area contributed by atoms with Crippen molar-refractivity contribution in [3.05, 3.63) is 64.4 Å². The maximum absolute atomic E-state index is 13.4. The van der Waals surface area contributed by atoms with Crippen LogP contribution in [0.4, 0.5) is 4.39 Å². The molecule has 1 atom stereocenters. The molecule has 112 valence electrons. The van der Waals surface area contributed by atoms with E-state index in [0.717, 1.165) is 17.5 Å². The molecule has 1 unspecified atom stereocenters. The van der Waals surface area contributed by atoms with Gasteiger partial charge in [0.05, 0.1) is 0 Å². The summed E-state index contributed by atoms with van der Waals surface area (Å²) < 4.78 is 19.2. The third-order valence-corrected chi connectivity index (χ3v) is 3.59. The van der Waals surface area contributed by atoms with Gasteiger partial charge in [-0.25, -0.2) is 4.39 Å². The molecule has 21 heavy (non-hydrogen) atoms. The SMILES string of the molecule is CCC(N)Cc1cc(F)ccc1OCc1ccc(Cl)cc1. The van der Waals surface area contributed by atoms with Gasteiger partial charge in [0.25, 0.3) is 0 Å². The van der Waals surface area contributed by atoms with Crippen LogP contribution in [0.1, 0.15) is 24.5 Å². The molecule has 2 aromatic rings. The summed E-state index contributed by atoms with van der Waals surface area (Å²) in [6.07, 6.45) is 1.44. The molecule has 0 heterocycles. The van der Waals surface area contributed by atoms with Gasteiger partial charge in [0, 0.05) is 11.1 Å². The van der Waals surface area contributed by atoms with E-state index in [4.69, 9.17) is 22.1 Å². The Kier molecular flexibility index (Phi) is 5.59. The summed E-state index contributed by atoms with van der Waals surface area (Å²) in [6, 6.07) is 12.0. The summed E-state index contributed by atoms with van der Waals surface area (Å²) in [6.45, 7) is 2.43. The van der Waals surface area contributed by atoms with Crippen LogP contribution in [0.3, 0.4) is 0 Å². The molecule has 0 radical (unpaired) electrons. The number of rotatable bonds is 6. The third-order valence-electron chi connectivity index (χ3n) is 3.34. The van der Waals surface area contributed by atoms with Crippen molar-refractivity contribution in [3.8, 4) is 5.75 Å². The van der Waals surface area contributed by atoms with E-state index >= 15 is 0 Å². The zero-order valence-electron chi connectivity index (χ0n) is 12.0. The molecule has 0 amide bonds. The standard InChI is InChI=1S/C17H19ClFNO/c1-2-16(20)10-13-9-15(19)7-8-17(13)21-11-12-3-5-14(18)6-4-12/h3-9,16H,2,10-11,20H2,1H3. The van der Waals surface area contributed by atoms with Crippen molar-refractivity contribution >= 4 is 11.6 Å². The van der Waals surface area contributed by atoms with E-state index in [-0.39, 0.29) is 11.9 Å². The van der Waals surface area contributed by atoms with Gasteiger partial charge < -0.3 is 10.5 Å². The quantitative estimate of drug-likeness (QED) is 0.861. The van der Waals surface area contributed by atoms with Crippen molar-refractivity contribution in [3.63, 3.8) is 0 Å². The lowest BCUT2D eigenvalue weighted by molar-refractivity contribution is 0.301. The topological polar surface area (TPSA) is 35.2 Å². The lowest BCUT2D eigenvalue weighted by Crippen LogP contribution is -2.21. The summed E-state index contributed by atoms with van der Waals surface area (Å²) in [5.41, 5.74) is 7.77. The summed E-state index contributed by atoms with van der Waals surface area (Å²) in [4.78, 5) is 0. The Morgan fingerprint density at radius 2 is 1.90 bits per heavy atom. The van der Waals surface area contributed by atoms with Crippen LogP contribution in [0.25, 0.3) is 0 Å². The van der Waals surface area contributed by atoms with Gasteiger partial charge in [-0.1, -0.05) is 30.7 Å². The van der Waals surface area contributed by atoms with Gasteiger partial charge in [0.1, 0.15) is 18.2 Å². The Labute approximate surface area is 129 Å². The maximum Gasteiger partial charge on any atom is 0.123 e. The lowest BCUT2D eigenvalue weighted by Gasteiger charge is -2.14. The minimum atomic E-state index is -0.271. The van der Waals surface area contributed by atoms with E-state index in [1.165, 1.54) is 12.1 Å². The molecule has 0 spiro atoms. The molecule has 2 aromatic carbocycles. The highest BCUT2D eigenvalue weighted by Gasteiger charge is 2.09. The van der Waals surface area contributed by atoms with Crippen molar-refractivity contribution in [1.29, 1.82) is 0 Å². The van der Waals surface area contributed by atoms with Crippen LogP contribution in [0, 0.1) is 5.82 Å². The molecule has 2 nitrogen and oxygen atoms in total. The minimum absolute atomic E-state index is 0.00434. The molecule has 4 heteroatoms. The highest BCUT2D eigenvalue weighted by molar-refractivity contribution is 6.30. The van der Waals surface area contributed by atoms with E-state index in [9.17, 15) is 4.39 Å². The lowest BCUT2D eigenvalue weighted by atomic mass is 10.0. The van der Waals surface area contributed by atoms with Crippen LogP contribution >= 0.6 is 11.6 Å². The predicted molar refractivity (Wildman–Crippen MR) is 84.2 cm³/mol. The smallest absolute Gasteiger partial charge is 0.123 e. The second-order valence-electron chi connectivity index (χ2n) is 5.04. The van der Waals surface area contributed by atoms with E-state index in [2.05, 4.69) is 0 Å². The molecule has 0 aliphatic rings. The average molecular weight is 308 g/mol. The molecule has 0 saturated carbocycles. The first kappa shape index (κ1) is 15.8. The molecule has 0 saturated heterocycles. The van der Waals surface area contributed by atoms with Crippen molar-refractivity contribution < 1.29 is 9.13 Å². The van der Waals surface area contributed by atoms with Gasteiger partial charge in [-0.05, 0) is 54.3 Å². The van der Waals surface area contributed by atoms with Crippen molar-refractivity contribution in [2.45, 2.75) is 32.4 Å². The highest BCUT2D eigenvalue weighted by atomic mass is 35.5. The molecular weight excluding hydrogens is 289 g/mol. The van der Waals surface area contributed by atoms with E-state index in [0.29, 0.717) is 23.8 Å².